The molecule has 21 heavy (non-hydrogen) atoms. The number of amides is 2. The molecule has 2 atom stereocenters. The normalized spacial score (nSPS) is 21.9. The van der Waals surface area contributed by atoms with Crippen LogP contribution in [0.25, 0.3) is 0 Å². The van der Waals surface area contributed by atoms with Gasteiger partial charge in [0.05, 0.1) is 11.8 Å². The highest BCUT2D eigenvalue weighted by Gasteiger charge is 2.35. The standard InChI is InChI=1S/C15H26N2O4/c1-10(2)9-17-13(18)7-8-16-14(19)11-5-3-4-6-12(11)15(20)21/h10-12H,3-9H2,1-2H3,(H,16,19)(H,17,18)(H,20,21)/t11-,12+/m1/s1. The molecule has 1 rings (SSSR count). The number of carbonyl (C=O) groups is 3. The van der Waals surface area contributed by atoms with E-state index in [-0.39, 0.29) is 24.8 Å². The molecule has 6 heteroatoms. The molecule has 0 aliphatic heterocycles. The molecular weight excluding hydrogens is 272 g/mol. The minimum Gasteiger partial charge on any atom is -0.481 e. The van der Waals surface area contributed by atoms with Gasteiger partial charge < -0.3 is 15.7 Å². The van der Waals surface area contributed by atoms with Crippen molar-refractivity contribution in [1.29, 1.82) is 0 Å². The van der Waals surface area contributed by atoms with Crippen molar-refractivity contribution in [2.75, 3.05) is 13.1 Å². The summed E-state index contributed by atoms with van der Waals surface area (Å²) >= 11 is 0. The average Bonchev–Trinajstić information content (AvgIpc) is 2.44. The highest BCUT2D eigenvalue weighted by atomic mass is 16.4. The van der Waals surface area contributed by atoms with E-state index in [2.05, 4.69) is 10.6 Å². The van der Waals surface area contributed by atoms with Crippen molar-refractivity contribution in [1.82, 2.24) is 10.6 Å². The smallest absolute Gasteiger partial charge is 0.307 e. The topological polar surface area (TPSA) is 95.5 Å². The first-order valence-electron chi connectivity index (χ1n) is 7.69. The second-order valence-corrected chi connectivity index (χ2v) is 6.07. The Bertz CT molecular complexity index is 382. The summed E-state index contributed by atoms with van der Waals surface area (Å²) in [6.07, 6.45) is 3.14. The molecule has 1 aliphatic rings. The molecule has 120 valence electrons. The first-order valence-corrected chi connectivity index (χ1v) is 7.69. The van der Waals surface area contributed by atoms with E-state index in [1.807, 2.05) is 13.8 Å². The van der Waals surface area contributed by atoms with Gasteiger partial charge in [-0.05, 0) is 18.8 Å². The minimum atomic E-state index is -0.899. The zero-order valence-corrected chi connectivity index (χ0v) is 12.9. The zero-order chi connectivity index (χ0) is 15.8. The van der Waals surface area contributed by atoms with Crippen molar-refractivity contribution >= 4 is 17.8 Å². The van der Waals surface area contributed by atoms with Gasteiger partial charge >= 0.3 is 5.97 Å². The van der Waals surface area contributed by atoms with Crippen LogP contribution >= 0.6 is 0 Å². The highest BCUT2D eigenvalue weighted by Crippen LogP contribution is 2.30. The zero-order valence-electron chi connectivity index (χ0n) is 12.9. The third kappa shape index (κ3) is 6.14. The summed E-state index contributed by atoms with van der Waals surface area (Å²) in [5.41, 5.74) is 0. The molecule has 0 aromatic carbocycles. The molecule has 0 aromatic heterocycles. The van der Waals surface area contributed by atoms with Crippen LogP contribution in [-0.2, 0) is 14.4 Å². The van der Waals surface area contributed by atoms with Gasteiger partial charge in [-0.3, -0.25) is 14.4 Å². The molecule has 0 radical (unpaired) electrons. The Morgan fingerprint density at radius 2 is 1.71 bits per heavy atom. The van der Waals surface area contributed by atoms with E-state index < -0.39 is 17.8 Å². The van der Waals surface area contributed by atoms with E-state index in [1.165, 1.54) is 0 Å². The lowest BCUT2D eigenvalue weighted by Crippen LogP contribution is -2.41. The Morgan fingerprint density at radius 3 is 2.29 bits per heavy atom. The summed E-state index contributed by atoms with van der Waals surface area (Å²) < 4.78 is 0. The third-order valence-corrected chi connectivity index (χ3v) is 3.78. The van der Waals surface area contributed by atoms with Gasteiger partial charge in [0.1, 0.15) is 0 Å². The summed E-state index contributed by atoms with van der Waals surface area (Å²) in [4.78, 5) is 34.7. The van der Waals surface area contributed by atoms with Crippen molar-refractivity contribution < 1.29 is 19.5 Å². The van der Waals surface area contributed by atoms with E-state index in [9.17, 15) is 14.4 Å². The second kappa shape index (κ2) is 8.64. The maximum Gasteiger partial charge on any atom is 0.307 e. The molecule has 0 heterocycles. The van der Waals surface area contributed by atoms with Gasteiger partial charge in [0.15, 0.2) is 0 Å². The molecule has 0 bridgehead atoms. The van der Waals surface area contributed by atoms with Crippen LogP contribution in [0.1, 0.15) is 46.0 Å². The van der Waals surface area contributed by atoms with E-state index in [0.29, 0.717) is 25.3 Å². The van der Waals surface area contributed by atoms with Gasteiger partial charge in [0.25, 0.3) is 0 Å². The van der Waals surface area contributed by atoms with Crippen molar-refractivity contribution in [3.63, 3.8) is 0 Å². The van der Waals surface area contributed by atoms with Crippen molar-refractivity contribution in [2.45, 2.75) is 46.0 Å². The van der Waals surface area contributed by atoms with E-state index in [0.717, 1.165) is 12.8 Å². The molecule has 1 aliphatic carbocycles. The van der Waals surface area contributed by atoms with Gasteiger partial charge in [0.2, 0.25) is 11.8 Å². The molecule has 1 saturated carbocycles. The Labute approximate surface area is 125 Å². The van der Waals surface area contributed by atoms with Crippen LogP contribution in [0.4, 0.5) is 0 Å². The van der Waals surface area contributed by atoms with Crippen molar-refractivity contribution in [3.8, 4) is 0 Å². The number of carboxylic acids is 1. The monoisotopic (exact) mass is 298 g/mol. The molecule has 6 nitrogen and oxygen atoms in total. The van der Waals surface area contributed by atoms with E-state index in [1.54, 1.807) is 0 Å². The fourth-order valence-corrected chi connectivity index (χ4v) is 2.58. The summed E-state index contributed by atoms with van der Waals surface area (Å²) in [6, 6.07) is 0. The van der Waals surface area contributed by atoms with Crippen LogP contribution in [0.5, 0.6) is 0 Å². The number of carboxylic acid groups (broad SMARTS) is 1. The number of hydrogen-bond acceptors (Lipinski definition) is 3. The van der Waals surface area contributed by atoms with Crippen LogP contribution in [0.2, 0.25) is 0 Å². The van der Waals surface area contributed by atoms with E-state index >= 15 is 0 Å². The van der Waals surface area contributed by atoms with E-state index in [4.69, 9.17) is 5.11 Å². The summed E-state index contributed by atoms with van der Waals surface area (Å²) in [6.45, 7) is 4.90. The molecule has 0 aromatic rings. The number of nitrogens with one attached hydrogen (secondary N) is 2. The Hall–Kier alpha value is -1.59. The Morgan fingerprint density at radius 1 is 1.10 bits per heavy atom. The lowest BCUT2D eigenvalue weighted by Gasteiger charge is -2.27. The number of hydrogen-bond donors (Lipinski definition) is 3. The van der Waals surface area contributed by atoms with Crippen LogP contribution in [0.15, 0.2) is 0 Å². The van der Waals surface area contributed by atoms with Crippen LogP contribution in [0, 0.1) is 17.8 Å². The summed E-state index contributed by atoms with van der Waals surface area (Å²) in [5, 5.41) is 14.6. The lowest BCUT2D eigenvalue weighted by atomic mass is 9.78. The highest BCUT2D eigenvalue weighted by molar-refractivity contribution is 5.85. The number of rotatable bonds is 7. The first-order chi connectivity index (χ1) is 9.91. The number of aliphatic carboxylic acids is 1. The molecule has 2 amide bonds. The summed E-state index contributed by atoms with van der Waals surface area (Å²) in [7, 11) is 0. The molecular formula is C15H26N2O4. The molecule has 0 saturated heterocycles. The number of carbonyl (C=O) groups excluding carboxylic acids is 2. The van der Waals surface area contributed by atoms with Gasteiger partial charge in [0, 0.05) is 19.5 Å². The van der Waals surface area contributed by atoms with Crippen LogP contribution in [0.3, 0.4) is 0 Å². The van der Waals surface area contributed by atoms with Gasteiger partial charge in [-0.1, -0.05) is 26.7 Å². The van der Waals surface area contributed by atoms with Crippen LogP contribution in [-0.4, -0.2) is 36.0 Å². The predicted molar refractivity (Wildman–Crippen MR) is 78.6 cm³/mol. The second-order valence-electron chi connectivity index (χ2n) is 6.07. The van der Waals surface area contributed by atoms with Gasteiger partial charge in [-0.25, -0.2) is 0 Å². The SMILES string of the molecule is CC(C)CNC(=O)CCNC(=O)[C@@H]1CCCC[C@@H]1C(=O)O. The first kappa shape index (κ1) is 17.5. The molecule has 1 fully saturated rings. The largest absolute Gasteiger partial charge is 0.481 e. The Balaban J connectivity index is 2.32. The lowest BCUT2D eigenvalue weighted by molar-refractivity contribution is -0.149. The third-order valence-electron chi connectivity index (χ3n) is 3.78. The quantitative estimate of drug-likeness (QED) is 0.657. The predicted octanol–water partition coefficient (Wildman–Crippen LogP) is 1.16. The van der Waals surface area contributed by atoms with Crippen LogP contribution < -0.4 is 10.6 Å². The van der Waals surface area contributed by atoms with Gasteiger partial charge in [-0.15, -0.1) is 0 Å². The average molecular weight is 298 g/mol. The Kier molecular flexibility index (Phi) is 7.19. The maximum absolute atomic E-state index is 12.1. The molecule has 0 spiro atoms. The maximum atomic E-state index is 12.1. The molecule has 0 unspecified atom stereocenters. The van der Waals surface area contributed by atoms with Crippen molar-refractivity contribution in [2.24, 2.45) is 17.8 Å². The minimum absolute atomic E-state index is 0.0950. The molecule has 3 N–H and O–H groups in total. The summed E-state index contributed by atoms with van der Waals surface area (Å²) in [5.74, 6) is -1.89. The van der Waals surface area contributed by atoms with Gasteiger partial charge in [-0.2, -0.15) is 0 Å². The van der Waals surface area contributed by atoms with Crippen molar-refractivity contribution in [3.05, 3.63) is 0 Å². The fourth-order valence-electron chi connectivity index (χ4n) is 2.58. The fraction of sp³-hybridized carbons (Fsp3) is 0.800.